The van der Waals surface area contributed by atoms with Crippen molar-refractivity contribution in [1.82, 2.24) is 15.1 Å². The van der Waals surface area contributed by atoms with Crippen LogP contribution in [-0.4, -0.2) is 21.9 Å². The van der Waals surface area contributed by atoms with Gasteiger partial charge in [0, 0.05) is 18.2 Å². The maximum Gasteiger partial charge on any atom is 0.0643 e. The van der Waals surface area contributed by atoms with Crippen LogP contribution in [-0.2, 0) is 6.42 Å². The first kappa shape index (κ1) is 15.6. The van der Waals surface area contributed by atoms with Crippen molar-refractivity contribution in [3.05, 3.63) is 18.0 Å². The lowest BCUT2D eigenvalue weighted by atomic mass is 9.70. The summed E-state index contributed by atoms with van der Waals surface area (Å²) in [5.41, 5.74) is 1.71. The highest BCUT2D eigenvalue weighted by Gasteiger charge is 2.44. The van der Waals surface area contributed by atoms with E-state index in [1.165, 1.54) is 18.5 Å². The molecule has 1 N–H and O–H groups in total. The van der Waals surface area contributed by atoms with Gasteiger partial charge in [-0.05, 0) is 43.7 Å². The summed E-state index contributed by atoms with van der Waals surface area (Å²) in [4.78, 5) is 0. The summed E-state index contributed by atoms with van der Waals surface area (Å²) in [5.74, 6) is 0. The van der Waals surface area contributed by atoms with E-state index >= 15 is 0 Å². The third-order valence-electron chi connectivity index (χ3n) is 5.14. The fourth-order valence-corrected chi connectivity index (χ4v) is 3.51. The van der Waals surface area contributed by atoms with E-state index in [-0.39, 0.29) is 11.0 Å². The Morgan fingerprint density at radius 3 is 2.55 bits per heavy atom. The average molecular weight is 277 g/mol. The Labute approximate surface area is 124 Å². The Morgan fingerprint density at radius 2 is 2.05 bits per heavy atom. The molecule has 0 bridgehead atoms. The molecule has 3 nitrogen and oxygen atoms in total. The molecule has 0 saturated carbocycles. The van der Waals surface area contributed by atoms with E-state index in [4.69, 9.17) is 5.10 Å². The van der Waals surface area contributed by atoms with Crippen molar-refractivity contribution < 1.29 is 0 Å². The minimum Gasteiger partial charge on any atom is -0.310 e. The number of aromatic nitrogens is 2. The summed E-state index contributed by atoms with van der Waals surface area (Å²) in [5, 5.41) is 8.63. The Hall–Kier alpha value is -0.830. The van der Waals surface area contributed by atoms with E-state index in [0.717, 1.165) is 25.8 Å². The van der Waals surface area contributed by atoms with E-state index in [9.17, 15) is 0 Å². The standard InChI is InChI=1S/C17H31N3/c1-6-15(7-2)20-12-9-14(19-20)13-17(16(3,4)5)10-8-11-18-17/h9,12,15,18H,6-8,10-11,13H2,1-5H3. The number of nitrogens with zero attached hydrogens (tertiary/aromatic N) is 2. The SMILES string of the molecule is CCC(CC)n1ccc(CC2(C(C)(C)C)CCCN2)n1. The molecule has 0 amide bonds. The van der Waals surface area contributed by atoms with E-state index in [2.05, 4.69) is 56.9 Å². The van der Waals surface area contributed by atoms with E-state index in [1.807, 2.05) is 0 Å². The molecule has 1 aliphatic rings. The molecule has 0 aliphatic carbocycles. The van der Waals surface area contributed by atoms with Crippen molar-refractivity contribution in [1.29, 1.82) is 0 Å². The molecular formula is C17H31N3. The first-order chi connectivity index (χ1) is 9.42. The Kier molecular flexibility index (Phi) is 4.58. The molecule has 0 aromatic carbocycles. The highest BCUT2D eigenvalue weighted by molar-refractivity contribution is 5.12. The number of hydrogen-bond acceptors (Lipinski definition) is 2. The third kappa shape index (κ3) is 2.93. The van der Waals surface area contributed by atoms with Crippen molar-refractivity contribution >= 4 is 0 Å². The molecule has 20 heavy (non-hydrogen) atoms. The second-order valence-electron chi connectivity index (χ2n) is 7.30. The van der Waals surface area contributed by atoms with Crippen molar-refractivity contribution in [2.45, 2.75) is 78.3 Å². The van der Waals surface area contributed by atoms with Crippen LogP contribution in [0.25, 0.3) is 0 Å². The van der Waals surface area contributed by atoms with Gasteiger partial charge in [0.2, 0.25) is 0 Å². The van der Waals surface area contributed by atoms with Gasteiger partial charge in [0.15, 0.2) is 0 Å². The van der Waals surface area contributed by atoms with E-state index in [1.54, 1.807) is 0 Å². The Balaban J connectivity index is 2.16. The van der Waals surface area contributed by atoms with Gasteiger partial charge in [-0.25, -0.2) is 0 Å². The third-order valence-corrected chi connectivity index (χ3v) is 5.14. The van der Waals surface area contributed by atoms with Gasteiger partial charge in [-0.2, -0.15) is 5.10 Å². The molecule has 1 aromatic rings. The first-order valence-corrected chi connectivity index (χ1v) is 8.21. The van der Waals surface area contributed by atoms with Crippen molar-refractivity contribution in [2.24, 2.45) is 5.41 Å². The second-order valence-corrected chi connectivity index (χ2v) is 7.30. The predicted octanol–water partition coefficient (Wildman–Crippen LogP) is 3.96. The quantitative estimate of drug-likeness (QED) is 0.883. The molecule has 114 valence electrons. The number of rotatable bonds is 5. The molecule has 1 fully saturated rings. The lowest BCUT2D eigenvalue weighted by molar-refractivity contribution is 0.158. The van der Waals surface area contributed by atoms with Crippen LogP contribution in [0.1, 0.15) is 72.0 Å². The molecule has 1 unspecified atom stereocenters. The summed E-state index contributed by atoms with van der Waals surface area (Å²) < 4.78 is 2.17. The lowest BCUT2D eigenvalue weighted by Crippen LogP contribution is -2.52. The van der Waals surface area contributed by atoms with Crippen LogP contribution in [0.5, 0.6) is 0 Å². The number of hydrogen-bond donors (Lipinski definition) is 1. The lowest BCUT2D eigenvalue weighted by Gasteiger charge is -2.42. The molecule has 0 spiro atoms. The van der Waals surface area contributed by atoms with Crippen LogP contribution in [0.2, 0.25) is 0 Å². The summed E-state index contributed by atoms with van der Waals surface area (Å²) in [6, 6.07) is 2.76. The molecule has 1 atom stereocenters. The van der Waals surface area contributed by atoms with Gasteiger partial charge in [-0.3, -0.25) is 4.68 Å². The monoisotopic (exact) mass is 277 g/mol. The molecule has 1 saturated heterocycles. The van der Waals surface area contributed by atoms with Crippen LogP contribution >= 0.6 is 0 Å². The van der Waals surface area contributed by atoms with Crippen molar-refractivity contribution in [3.8, 4) is 0 Å². The number of nitrogens with one attached hydrogen (secondary N) is 1. The Bertz CT molecular complexity index is 418. The molecule has 1 aromatic heterocycles. The Morgan fingerprint density at radius 1 is 1.35 bits per heavy atom. The van der Waals surface area contributed by atoms with Gasteiger partial charge in [0.1, 0.15) is 0 Å². The minimum atomic E-state index is 0.208. The fourth-order valence-electron chi connectivity index (χ4n) is 3.51. The van der Waals surface area contributed by atoms with Crippen LogP contribution < -0.4 is 5.32 Å². The smallest absolute Gasteiger partial charge is 0.0643 e. The van der Waals surface area contributed by atoms with Crippen LogP contribution in [0.4, 0.5) is 0 Å². The van der Waals surface area contributed by atoms with Crippen LogP contribution in [0, 0.1) is 5.41 Å². The van der Waals surface area contributed by atoms with Gasteiger partial charge in [-0.15, -0.1) is 0 Å². The van der Waals surface area contributed by atoms with Crippen LogP contribution in [0.3, 0.4) is 0 Å². The van der Waals surface area contributed by atoms with E-state index < -0.39 is 0 Å². The minimum absolute atomic E-state index is 0.208. The van der Waals surface area contributed by atoms with Gasteiger partial charge >= 0.3 is 0 Å². The van der Waals surface area contributed by atoms with Gasteiger partial charge in [0.05, 0.1) is 11.7 Å². The maximum absolute atomic E-state index is 4.85. The van der Waals surface area contributed by atoms with Crippen LogP contribution in [0.15, 0.2) is 12.3 Å². The van der Waals surface area contributed by atoms with Crippen molar-refractivity contribution in [3.63, 3.8) is 0 Å². The molecule has 2 rings (SSSR count). The average Bonchev–Trinajstić information content (AvgIpc) is 3.01. The molecule has 0 radical (unpaired) electrons. The van der Waals surface area contributed by atoms with Gasteiger partial charge < -0.3 is 5.32 Å². The highest BCUT2D eigenvalue weighted by atomic mass is 15.3. The highest BCUT2D eigenvalue weighted by Crippen LogP contribution is 2.39. The summed E-state index contributed by atoms with van der Waals surface area (Å²) in [7, 11) is 0. The second kappa shape index (κ2) is 5.88. The first-order valence-electron chi connectivity index (χ1n) is 8.21. The maximum atomic E-state index is 4.85. The fraction of sp³-hybridized carbons (Fsp3) is 0.824. The summed E-state index contributed by atoms with van der Waals surface area (Å²) >= 11 is 0. The summed E-state index contributed by atoms with van der Waals surface area (Å²) in [6.07, 6.45) is 8.06. The normalized spacial score (nSPS) is 23.7. The predicted molar refractivity (Wildman–Crippen MR) is 85.0 cm³/mol. The summed E-state index contributed by atoms with van der Waals surface area (Å²) in [6.45, 7) is 12.7. The molecule has 2 heterocycles. The van der Waals surface area contributed by atoms with Gasteiger partial charge in [-0.1, -0.05) is 34.6 Å². The van der Waals surface area contributed by atoms with Gasteiger partial charge in [0.25, 0.3) is 0 Å². The van der Waals surface area contributed by atoms with Crippen molar-refractivity contribution in [2.75, 3.05) is 6.54 Å². The zero-order valence-corrected chi connectivity index (χ0v) is 13.9. The molecule has 3 heteroatoms. The topological polar surface area (TPSA) is 29.9 Å². The largest absolute Gasteiger partial charge is 0.310 e. The van der Waals surface area contributed by atoms with E-state index in [0.29, 0.717) is 6.04 Å². The zero-order chi connectivity index (χ0) is 14.8. The zero-order valence-electron chi connectivity index (χ0n) is 13.9. The molecule has 1 aliphatic heterocycles. The molecular weight excluding hydrogens is 246 g/mol.